The van der Waals surface area contributed by atoms with Crippen molar-refractivity contribution in [2.24, 2.45) is 5.73 Å². The number of hydrogen-bond acceptors (Lipinski definition) is 4. The van der Waals surface area contributed by atoms with E-state index in [9.17, 15) is 8.78 Å². The van der Waals surface area contributed by atoms with Crippen LogP contribution in [0.25, 0.3) is 0 Å². The molecule has 1 rings (SSSR count). The maximum Gasteiger partial charge on any atom is 0.254 e. The Morgan fingerprint density at radius 2 is 2.23 bits per heavy atom. The fraction of sp³-hybridized carbons (Fsp3) is 0.714. The van der Waals surface area contributed by atoms with Gasteiger partial charge >= 0.3 is 0 Å². The maximum absolute atomic E-state index is 12.5. The molecule has 0 saturated carbocycles. The predicted octanol–water partition coefficient (Wildman–Crippen LogP) is 1.29. The van der Waals surface area contributed by atoms with Crippen LogP contribution in [-0.4, -0.2) is 16.1 Å². The highest BCUT2D eigenvalue weighted by Gasteiger charge is 2.25. The van der Waals surface area contributed by atoms with Gasteiger partial charge in [-0.25, -0.2) is 8.78 Å². The number of hydrogen-bond donors (Lipinski definition) is 1. The zero-order valence-electron chi connectivity index (χ0n) is 7.42. The van der Waals surface area contributed by atoms with E-state index in [-0.39, 0.29) is 11.7 Å². The second-order valence-electron chi connectivity index (χ2n) is 3.08. The normalized spacial score (nSPS) is 14.5. The molecule has 0 saturated heterocycles. The first kappa shape index (κ1) is 10.0. The molecule has 1 aromatic rings. The molecule has 1 aromatic heterocycles. The molecule has 1 heterocycles. The number of alkyl halides is 2. The van der Waals surface area contributed by atoms with Gasteiger partial charge in [0.2, 0.25) is 5.89 Å². The molecule has 13 heavy (non-hydrogen) atoms. The lowest BCUT2D eigenvalue weighted by Crippen LogP contribution is -2.14. The van der Waals surface area contributed by atoms with Crippen molar-refractivity contribution in [1.82, 2.24) is 10.1 Å². The van der Waals surface area contributed by atoms with E-state index >= 15 is 0 Å². The Morgan fingerprint density at radius 3 is 2.62 bits per heavy atom. The Balaban J connectivity index is 2.70. The monoisotopic (exact) mass is 191 g/mol. The lowest BCUT2D eigenvalue weighted by atomic mass is 10.3. The van der Waals surface area contributed by atoms with E-state index in [4.69, 9.17) is 5.73 Å². The van der Waals surface area contributed by atoms with Crippen LogP contribution in [-0.2, 0) is 6.42 Å². The van der Waals surface area contributed by atoms with Crippen molar-refractivity contribution < 1.29 is 13.3 Å². The van der Waals surface area contributed by atoms with Gasteiger partial charge in [-0.2, -0.15) is 4.98 Å². The minimum absolute atomic E-state index is 0.0835. The van der Waals surface area contributed by atoms with E-state index in [2.05, 4.69) is 14.7 Å². The van der Waals surface area contributed by atoms with Gasteiger partial charge in [-0.1, -0.05) is 5.16 Å². The van der Waals surface area contributed by atoms with Crippen molar-refractivity contribution in [3.05, 3.63) is 11.7 Å². The van der Waals surface area contributed by atoms with Gasteiger partial charge in [0, 0.05) is 0 Å². The molecule has 2 N–H and O–H groups in total. The van der Waals surface area contributed by atoms with Gasteiger partial charge in [0.25, 0.3) is 5.92 Å². The Bertz CT molecular complexity index is 280. The lowest BCUT2D eigenvalue weighted by molar-refractivity contribution is 0.0149. The van der Waals surface area contributed by atoms with Crippen LogP contribution in [0.2, 0.25) is 0 Å². The van der Waals surface area contributed by atoms with Crippen LogP contribution >= 0.6 is 0 Å². The Morgan fingerprint density at radius 1 is 1.62 bits per heavy atom. The standard InChI is InChI=1S/C7H11F2N3O/c1-4(10)6-11-5(13-12-6)3-7(2,8)9/h4H,3,10H2,1-2H3. The molecule has 4 nitrogen and oxygen atoms in total. The van der Waals surface area contributed by atoms with Gasteiger partial charge in [0.15, 0.2) is 5.82 Å². The fourth-order valence-electron chi connectivity index (χ4n) is 0.790. The van der Waals surface area contributed by atoms with E-state index in [0.29, 0.717) is 0 Å². The topological polar surface area (TPSA) is 64.9 Å². The molecule has 0 aliphatic heterocycles. The summed E-state index contributed by atoms with van der Waals surface area (Å²) in [6.45, 7) is 2.45. The van der Waals surface area contributed by atoms with Crippen LogP contribution in [0, 0.1) is 0 Å². The van der Waals surface area contributed by atoms with Crippen LogP contribution in [0.5, 0.6) is 0 Å². The third-order valence-corrected chi connectivity index (χ3v) is 1.35. The summed E-state index contributed by atoms with van der Waals surface area (Å²) in [4.78, 5) is 3.71. The molecule has 1 unspecified atom stereocenters. The Labute approximate surface area is 74.1 Å². The number of nitrogens with zero attached hydrogens (tertiary/aromatic N) is 2. The average Bonchev–Trinajstić information content (AvgIpc) is 2.31. The highest BCUT2D eigenvalue weighted by Crippen LogP contribution is 2.18. The third kappa shape index (κ3) is 3.06. The first-order valence-corrected chi connectivity index (χ1v) is 3.84. The highest BCUT2D eigenvalue weighted by atomic mass is 19.3. The van der Waals surface area contributed by atoms with E-state index in [1.165, 1.54) is 0 Å². The molecule has 0 aliphatic rings. The van der Waals surface area contributed by atoms with Crippen LogP contribution in [0.4, 0.5) is 8.78 Å². The molecule has 0 bridgehead atoms. The summed E-state index contributed by atoms with van der Waals surface area (Å²) in [5.74, 6) is -2.67. The van der Waals surface area contributed by atoms with Crippen molar-refractivity contribution in [2.45, 2.75) is 32.2 Å². The Hall–Kier alpha value is -1.04. The van der Waals surface area contributed by atoms with Gasteiger partial charge in [-0.3, -0.25) is 0 Å². The van der Waals surface area contributed by atoms with Crippen LogP contribution in [0.15, 0.2) is 4.52 Å². The molecule has 0 fully saturated rings. The molecule has 6 heteroatoms. The second kappa shape index (κ2) is 3.37. The van der Waals surface area contributed by atoms with Crippen LogP contribution in [0.1, 0.15) is 31.6 Å². The van der Waals surface area contributed by atoms with Crippen LogP contribution in [0.3, 0.4) is 0 Å². The number of aromatic nitrogens is 2. The molecule has 74 valence electrons. The largest absolute Gasteiger partial charge is 0.339 e. The third-order valence-electron chi connectivity index (χ3n) is 1.35. The smallest absolute Gasteiger partial charge is 0.254 e. The highest BCUT2D eigenvalue weighted by molar-refractivity contribution is 4.92. The van der Waals surface area contributed by atoms with Crippen molar-refractivity contribution in [2.75, 3.05) is 0 Å². The van der Waals surface area contributed by atoms with Crippen molar-refractivity contribution in [3.63, 3.8) is 0 Å². The molecule has 0 amide bonds. The number of halogens is 2. The number of rotatable bonds is 3. The lowest BCUT2D eigenvalue weighted by Gasteiger charge is -2.04. The van der Waals surface area contributed by atoms with Gasteiger partial charge in [0.1, 0.15) is 0 Å². The quantitative estimate of drug-likeness (QED) is 0.781. The van der Waals surface area contributed by atoms with E-state index in [1.54, 1.807) is 6.92 Å². The zero-order valence-corrected chi connectivity index (χ0v) is 7.42. The van der Waals surface area contributed by atoms with Gasteiger partial charge < -0.3 is 10.3 Å². The zero-order chi connectivity index (χ0) is 10.1. The van der Waals surface area contributed by atoms with Crippen molar-refractivity contribution >= 4 is 0 Å². The molecule has 0 radical (unpaired) electrons. The molecule has 0 aromatic carbocycles. The number of nitrogens with two attached hydrogens (primary N) is 1. The summed E-state index contributed by atoms with van der Waals surface area (Å²) in [5, 5.41) is 3.46. The first-order valence-electron chi connectivity index (χ1n) is 3.84. The molecule has 1 atom stereocenters. The summed E-state index contributed by atoms with van der Waals surface area (Å²) in [7, 11) is 0. The molecular weight excluding hydrogens is 180 g/mol. The summed E-state index contributed by atoms with van der Waals surface area (Å²) >= 11 is 0. The summed E-state index contributed by atoms with van der Waals surface area (Å²) in [6.07, 6.45) is -0.549. The SMILES string of the molecule is CC(N)c1noc(CC(C)(F)F)n1. The molecular formula is C7H11F2N3O. The van der Waals surface area contributed by atoms with Gasteiger partial charge in [0.05, 0.1) is 12.5 Å². The van der Waals surface area contributed by atoms with Gasteiger partial charge in [-0.05, 0) is 13.8 Å². The Kier molecular flexibility index (Phi) is 2.60. The minimum Gasteiger partial charge on any atom is -0.339 e. The molecule has 0 spiro atoms. The van der Waals surface area contributed by atoms with Crippen molar-refractivity contribution in [3.8, 4) is 0 Å². The summed E-state index contributed by atoms with van der Waals surface area (Å²) in [6, 6.07) is -0.400. The average molecular weight is 191 g/mol. The van der Waals surface area contributed by atoms with E-state index in [0.717, 1.165) is 6.92 Å². The molecule has 0 aliphatic carbocycles. The van der Waals surface area contributed by atoms with Crippen LogP contribution < -0.4 is 5.73 Å². The first-order chi connectivity index (χ1) is 5.88. The van der Waals surface area contributed by atoms with E-state index < -0.39 is 18.4 Å². The second-order valence-corrected chi connectivity index (χ2v) is 3.08. The maximum atomic E-state index is 12.5. The predicted molar refractivity (Wildman–Crippen MR) is 41.2 cm³/mol. The fourth-order valence-corrected chi connectivity index (χ4v) is 0.790. The summed E-state index contributed by atoms with van der Waals surface area (Å²) < 4.78 is 29.5. The van der Waals surface area contributed by atoms with E-state index in [1.807, 2.05) is 0 Å². The van der Waals surface area contributed by atoms with Crippen molar-refractivity contribution in [1.29, 1.82) is 0 Å². The summed E-state index contributed by atoms with van der Waals surface area (Å²) in [5.41, 5.74) is 5.42. The minimum atomic E-state index is -2.83. The van der Waals surface area contributed by atoms with Gasteiger partial charge in [-0.15, -0.1) is 0 Å².